The molecule has 128 valence electrons. The van der Waals surface area contributed by atoms with Crippen molar-refractivity contribution in [1.82, 2.24) is 5.32 Å². The van der Waals surface area contributed by atoms with Crippen molar-refractivity contribution in [2.45, 2.75) is 25.8 Å². The molecule has 2 rings (SSSR count). The van der Waals surface area contributed by atoms with Gasteiger partial charge in [0.1, 0.15) is 5.75 Å². The van der Waals surface area contributed by atoms with Gasteiger partial charge in [0.2, 0.25) is 5.91 Å². The largest absolute Gasteiger partial charge is 0.482 e. The predicted octanol–water partition coefficient (Wildman–Crippen LogP) is 3.67. The third-order valence-corrected chi connectivity index (χ3v) is 4.68. The molecule has 0 radical (unpaired) electrons. The number of aliphatic carboxylic acids is 1. The number of carboxylic acid groups (broad SMARTS) is 1. The molecule has 0 aliphatic carbocycles. The lowest BCUT2D eigenvalue weighted by Crippen LogP contribution is -2.26. The number of hydrogen-bond acceptors (Lipinski definition) is 4. The SMILES string of the molecule is CC(NC(=O)CCc1cc(Cl)cs1)c1ccc(OCC(=O)O)cc1. The number of hydrogen-bond donors (Lipinski definition) is 2. The molecular formula is C17H18ClNO4S. The maximum atomic E-state index is 12.0. The topological polar surface area (TPSA) is 75.6 Å². The molecular weight excluding hydrogens is 350 g/mol. The summed E-state index contributed by atoms with van der Waals surface area (Å²) < 4.78 is 5.08. The second-order valence-corrected chi connectivity index (χ2v) is 6.70. The minimum absolute atomic E-state index is 0.0294. The predicted molar refractivity (Wildman–Crippen MR) is 93.8 cm³/mol. The van der Waals surface area contributed by atoms with Gasteiger partial charge in [-0.05, 0) is 37.1 Å². The molecule has 2 aromatic rings. The standard InChI is InChI=1S/C17H18ClNO4S/c1-11(12-2-4-14(5-3-12)23-9-17(21)22)19-16(20)7-6-15-8-13(18)10-24-15/h2-5,8,10-11H,6-7,9H2,1H3,(H,19,20)(H,21,22). The molecule has 0 aliphatic rings. The van der Waals surface area contributed by atoms with Crippen molar-refractivity contribution >= 4 is 34.8 Å². The number of aryl methyl sites for hydroxylation is 1. The Morgan fingerprint density at radius 3 is 2.62 bits per heavy atom. The Morgan fingerprint density at radius 1 is 1.33 bits per heavy atom. The van der Waals surface area contributed by atoms with Crippen LogP contribution in [0.4, 0.5) is 0 Å². The van der Waals surface area contributed by atoms with E-state index in [4.69, 9.17) is 21.4 Å². The molecule has 1 amide bonds. The van der Waals surface area contributed by atoms with E-state index in [1.807, 2.05) is 18.4 Å². The van der Waals surface area contributed by atoms with Gasteiger partial charge in [0.05, 0.1) is 11.1 Å². The van der Waals surface area contributed by atoms with E-state index in [2.05, 4.69) is 5.32 Å². The summed E-state index contributed by atoms with van der Waals surface area (Å²) in [4.78, 5) is 23.6. The van der Waals surface area contributed by atoms with E-state index in [0.29, 0.717) is 23.6 Å². The summed E-state index contributed by atoms with van der Waals surface area (Å²) in [5.41, 5.74) is 0.921. The van der Waals surface area contributed by atoms with Gasteiger partial charge in [0.25, 0.3) is 0 Å². The van der Waals surface area contributed by atoms with E-state index in [0.717, 1.165) is 10.4 Å². The Labute approximate surface area is 149 Å². The molecule has 0 saturated heterocycles. The first-order chi connectivity index (χ1) is 11.4. The van der Waals surface area contributed by atoms with Crippen LogP contribution < -0.4 is 10.1 Å². The van der Waals surface area contributed by atoms with Gasteiger partial charge >= 0.3 is 5.97 Å². The molecule has 7 heteroatoms. The molecule has 0 bridgehead atoms. The Bertz CT molecular complexity index is 699. The minimum Gasteiger partial charge on any atom is -0.482 e. The molecule has 0 saturated carbocycles. The van der Waals surface area contributed by atoms with Gasteiger partial charge in [-0.25, -0.2) is 4.79 Å². The van der Waals surface area contributed by atoms with Gasteiger partial charge < -0.3 is 15.2 Å². The highest BCUT2D eigenvalue weighted by molar-refractivity contribution is 7.10. The number of carboxylic acids is 1. The monoisotopic (exact) mass is 367 g/mol. The summed E-state index contributed by atoms with van der Waals surface area (Å²) in [7, 11) is 0. The van der Waals surface area contributed by atoms with Gasteiger partial charge in [0, 0.05) is 16.7 Å². The summed E-state index contributed by atoms with van der Waals surface area (Å²) in [6, 6.07) is 8.72. The number of carbonyl (C=O) groups is 2. The van der Waals surface area contributed by atoms with Crippen LogP contribution in [0.15, 0.2) is 35.7 Å². The number of nitrogens with one attached hydrogen (secondary N) is 1. The molecule has 0 spiro atoms. The van der Waals surface area contributed by atoms with Gasteiger partial charge in [-0.2, -0.15) is 0 Å². The van der Waals surface area contributed by atoms with E-state index in [1.165, 1.54) is 0 Å². The van der Waals surface area contributed by atoms with E-state index in [1.54, 1.807) is 35.6 Å². The quantitative estimate of drug-likeness (QED) is 0.746. The van der Waals surface area contributed by atoms with Crippen molar-refractivity contribution in [1.29, 1.82) is 0 Å². The van der Waals surface area contributed by atoms with Crippen molar-refractivity contribution < 1.29 is 19.4 Å². The summed E-state index contributed by atoms with van der Waals surface area (Å²) in [6.07, 6.45) is 1.07. The van der Waals surface area contributed by atoms with Crippen LogP contribution in [0.25, 0.3) is 0 Å². The third-order valence-electron chi connectivity index (χ3n) is 3.34. The van der Waals surface area contributed by atoms with Crippen LogP contribution in [0.3, 0.4) is 0 Å². The average Bonchev–Trinajstić information content (AvgIpc) is 2.97. The van der Waals surface area contributed by atoms with Crippen molar-refractivity contribution in [3.8, 4) is 5.75 Å². The fourth-order valence-electron chi connectivity index (χ4n) is 2.12. The number of rotatable bonds is 8. The minimum atomic E-state index is -1.02. The summed E-state index contributed by atoms with van der Waals surface area (Å²) in [5.74, 6) is -0.570. The van der Waals surface area contributed by atoms with E-state index in [9.17, 15) is 9.59 Å². The Kier molecular flexibility index (Phi) is 6.63. The Hall–Kier alpha value is -2.05. The summed E-state index contributed by atoms with van der Waals surface area (Å²) in [6.45, 7) is 1.52. The Morgan fingerprint density at radius 2 is 2.04 bits per heavy atom. The fraction of sp³-hybridized carbons (Fsp3) is 0.294. The number of carbonyl (C=O) groups excluding carboxylic acids is 1. The molecule has 1 unspecified atom stereocenters. The zero-order valence-electron chi connectivity index (χ0n) is 13.1. The number of benzene rings is 1. The zero-order chi connectivity index (χ0) is 17.5. The summed E-state index contributed by atoms with van der Waals surface area (Å²) >= 11 is 7.41. The van der Waals surface area contributed by atoms with Crippen LogP contribution in [0, 0.1) is 0 Å². The molecule has 24 heavy (non-hydrogen) atoms. The lowest BCUT2D eigenvalue weighted by Gasteiger charge is -2.15. The highest BCUT2D eigenvalue weighted by atomic mass is 35.5. The second-order valence-electron chi connectivity index (χ2n) is 5.27. The first kappa shape index (κ1) is 18.3. The van der Waals surface area contributed by atoms with Crippen LogP contribution in [0.2, 0.25) is 5.02 Å². The zero-order valence-corrected chi connectivity index (χ0v) is 14.7. The number of halogens is 1. The number of ether oxygens (including phenoxy) is 1. The lowest BCUT2D eigenvalue weighted by atomic mass is 10.1. The number of amides is 1. The molecule has 2 N–H and O–H groups in total. The molecule has 0 aliphatic heterocycles. The molecule has 1 aromatic carbocycles. The van der Waals surface area contributed by atoms with Gasteiger partial charge in [-0.3, -0.25) is 4.79 Å². The van der Waals surface area contributed by atoms with Crippen molar-refractivity contribution in [2.75, 3.05) is 6.61 Å². The van der Waals surface area contributed by atoms with Gasteiger partial charge in [-0.1, -0.05) is 23.7 Å². The highest BCUT2D eigenvalue weighted by Gasteiger charge is 2.10. The van der Waals surface area contributed by atoms with E-state index >= 15 is 0 Å². The van der Waals surface area contributed by atoms with E-state index < -0.39 is 5.97 Å². The smallest absolute Gasteiger partial charge is 0.341 e. The highest BCUT2D eigenvalue weighted by Crippen LogP contribution is 2.21. The second kappa shape index (κ2) is 8.70. The van der Waals surface area contributed by atoms with Crippen LogP contribution in [0.5, 0.6) is 5.75 Å². The molecule has 1 atom stereocenters. The van der Waals surface area contributed by atoms with Crippen molar-refractivity contribution in [3.63, 3.8) is 0 Å². The number of thiophene rings is 1. The van der Waals surface area contributed by atoms with Crippen LogP contribution >= 0.6 is 22.9 Å². The normalized spacial score (nSPS) is 11.8. The first-order valence-electron chi connectivity index (χ1n) is 7.41. The lowest BCUT2D eigenvalue weighted by molar-refractivity contribution is -0.139. The molecule has 5 nitrogen and oxygen atoms in total. The molecule has 1 heterocycles. The van der Waals surface area contributed by atoms with Crippen LogP contribution in [0.1, 0.15) is 29.8 Å². The van der Waals surface area contributed by atoms with Gasteiger partial charge in [-0.15, -0.1) is 11.3 Å². The van der Waals surface area contributed by atoms with Crippen molar-refractivity contribution in [2.24, 2.45) is 0 Å². The first-order valence-corrected chi connectivity index (χ1v) is 8.66. The van der Waals surface area contributed by atoms with Crippen LogP contribution in [-0.2, 0) is 16.0 Å². The van der Waals surface area contributed by atoms with Crippen molar-refractivity contribution in [3.05, 3.63) is 51.2 Å². The van der Waals surface area contributed by atoms with Gasteiger partial charge in [0.15, 0.2) is 6.61 Å². The average molecular weight is 368 g/mol. The molecule has 1 aromatic heterocycles. The third kappa shape index (κ3) is 5.86. The van der Waals surface area contributed by atoms with E-state index in [-0.39, 0.29) is 18.6 Å². The maximum absolute atomic E-state index is 12.0. The summed E-state index contributed by atoms with van der Waals surface area (Å²) in [5, 5.41) is 14.1. The maximum Gasteiger partial charge on any atom is 0.341 e. The Balaban J connectivity index is 1.81. The van der Waals surface area contributed by atoms with Crippen LogP contribution in [-0.4, -0.2) is 23.6 Å². The fourth-order valence-corrected chi connectivity index (χ4v) is 3.19. The molecule has 0 fully saturated rings.